The van der Waals surface area contributed by atoms with Crippen LogP contribution in [0.3, 0.4) is 0 Å². The summed E-state index contributed by atoms with van der Waals surface area (Å²) in [7, 11) is 0. The highest BCUT2D eigenvalue weighted by atomic mass is 16.3. The molecule has 0 aromatic rings. The molecule has 0 bridgehead atoms. The van der Waals surface area contributed by atoms with Crippen LogP contribution in [0.2, 0.25) is 0 Å². The van der Waals surface area contributed by atoms with Crippen molar-refractivity contribution in [2.45, 2.75) is 106 Å². The van der Waals surface area contributed by atoms with E-state index >= 15 is 0 Å². The van der Waals surface area contributed by atoms with Crippen LogP contribution >= 0.6 is 0 Å². The molecular formula is C30H48O2. The maximum Gasteiger partial charge on any atom is 0.138 e. The Morgan fingerprint density at radius 2 is 1.88 bits per heavy atom. The second-order valence-corrected chi connectivity index (χ2v) is 13.3. The van der Waals surface area contributed by atoms with Gasteiger partial charge in [0.15, 0.2) is 0 Å². The predicted octanol–water partition coefficient (Wildman–Crippen LogP) is 7.52. The fraction of sp³-hybridized carbons (Fsp3) is 0.833. The molecule has 0 heterocycles. The number of allylic oxidation sites excluding steroid dienone is 3. The van der Waals surface area contributed by atoms with E-state index in [0.29, 0.717) is 28.4 Å². The lowest BCUT2D eigenvalue weighted by Gasteiger charge is -2.63. The zero-order valence-electron chi connectivity index (χ0n) is 21.9. The Morgan fingerprint density at radius 3 is 2.56 bits per heavy atom. The number of hydrogen-bond donors (Lipinski definition) is 1. The van der Waals surface area contributed by atoms with Gasteiger partial charge in [-0.2, -0.15) is 0 Å². The first-order valence-corrected chi connectivity index (χ1v) is 13.4. The molecule has 2 nitrogen and oxygen atoms in total. The van der Waals surface area contributed by atoms with Crippen LogP contribution in [0, 0.1) is 45.3 Å². The molecule has 0 radical (unpaired) electrons. The molecule has 2 heteroatoms. The number of ketones is 1. The first-order valence-electron chi connectivity index (χ1n) is 13.4. The van der Waals surface area contributed by atoms with E-state index < -0.39 is 0 Å². The highest BCUT2D eigenvalue weighted by Gasteiger charge is 2.65. The Kier molecular flexibility index (Phi) is 6.14. The third-order valence-electron chi connectivity index (χ3n) is 11.7. The summed E-state index contributed by atoms with van der Waals surface area (Å²) in [6.45, 7) is 16.9. The second-order valence-electron chi connectivity index (χ2n) is 13.3. The Bertz CT molecular complexity index is 819. The molecule has 3 fully saturated rings. The summed E-state index contributed by atoms with van der Waals surface area (Å²) in [5.41, 5.74) is 3.68. The zero-order chi connectivity index (χ0) is 23.5. The lowest BCUT2D eigenvalue weighted by atomic mass is 9.41. The summed E-state index contributed by atoms with van der Waals surface area (Å²) in [6, 6.07) is 0. The lowest BCUT2D eigenvalue weighted by molar-refractivity contribution is -0.146. The molecule has 1 N–H and O–H groups in total. The number of aliphatic hydroxyl groups excluding tert-OH is 1. The predicted molar refractivity (Wildman–Crippen MR) is 133 cm³/mol. The highest BCUT2D eigenvalue weighted by molar-refractivity contribution is 5.85. The van der Waals surface area contributed by atoms with Gasteiger partial charge in [0.25, 0.3) is 0 Å². The Labute approximate surface area is 197 Å². The van der Waals surface area contributed by atoms with Crippen LogP contribution in [0.4, 0.5) is 0 Å². The van der Waals surface area contributed by atoms with Crippen LogP contribution in [-0.4, -0.2) is 17.5 Å². The molecule has 4 aliphatic rings. The minimum atomic E-state index is -0.177. The normalized spacial score (nSPS) is 44.4. The van der Waals surface area contributed by atoms with E-state index in [4.69, 9.17) is 0 Å². The van der Waals surface area contributed by atoms with Gasteiger partial charge >= 0.3 is 0 Å². The molecule has 5 unspecified atom stereocenters. The van der Waals surface area contributed by atoms with E-state index in [-0.39, 0.29) is 17.4 Å². The third-order valence-corrected chi connectivity index (χ3v) is 11.7. The van der Waals surface area contributed by atoms with Gasteiger partial charge in [-0.3, -0.25) is 4.79 Å². The summed E-state index contributed by atoms with van der Waals surface area (Å²) in [4.78, 5) is 12.8. The average molecular weight is 441 g/mol. The minimum Gasteiger partial charge on any atom is -0.392 e. The smallest absolute Gasteiger partial charge is 0.138 e. The number of carbonyl (C=O) groups is 1. The second kappa shape index (κ2) is 8.10. The SMILES string of the molecule is C/C(=C/CCC(C)C1CC[C@]2(C)C3=CCC4C(C)(C)C(=O)CC[C@]4(C)C3CCC12C)CO. The molecule has 0 spiro atoms. The fourth-order valence-corrected chi connectivity index (χ4v) is 9.32. The first-order chi connectivity index (χ1) is 14.9. The Balaban J connectivity index is 1.60. The van der Waals surface area contributed by atoms with E-state index in [9.17, 15) is 9.90 Å². The van der Waals surface area contributed by atoms with Gasteiger partial charge in [-0.15, -0.1) is 0 Å². The van der Waals surface area contributed by atoms with Crippen LogP contribution in [0.25, 0.3) is 0 Å². The molecule has 0 amide bonds. The fourth-order valence-electron chi connectivity index (χ4n) is 9.32. The topological polar surface area (TPSA) is 37.3 Å². The summed E-state index contributed by atoms with van der Waals surface area (Å²) in [5, 5.41) is 9.31. The van der Waals surface area contributed by atoms with Crippen LogP contribution in [-0.2, 0) is 4.79 Å². The molecular weight excluding hydrogens is 392 g/mol. The van der Waals surface area contributed by atoms with Gasteiger partial charge < -0.3 is 5.11 Å². The van der Waals surface area contributed by atoms with Crippen molar-refractivity contribution < 1.29 is 9.90 Å². The van der Waals surface area contributed by atoms with E-state index in [0.717, 1.165) is 43.1 Å². The lowest BCUT2D eigenvalue weighted by Crippen LogP contribution is -2.57. The highest BCUT2D eigenvalue weighted by Crippen LogP contribution is 2.73. The molecule has 4 rings (SSSR count). The van der Waals surface area contributed by atoms with Crippen molar-refractivity contribution in [3.63, 3.8) is 0 Å². The molecule has 3 saturated carbocycles. The summed E-state index contributed by atoms with van der Waals surface area (Å²) < 4.78 is 0. The molecule has 0 aromatic heterocycles. The van der Waals surface area contributed by atoms with Gasteiger partial charge in [-0.1, -0.05) is 64.8 Å². The number of carbonyl (C=O) groups excluding carboxylic acids is 1. The number of aliphatic hydroxyl groups is 1. The molecule has 32 heavy (non-hydrogen) atoms. The van der Waals surface area contributed by atoms with Crippen LogP contribution in [0.5, 0.6) is 0 Å². The van der Waals surface area contributed by atoms with Crippen molar-refractivity contribution >= 4 is 5.78 Å². The Hall–Kier alpha value is -0.890. The Morgan fingerprint density at radius 1 is 1.16 bits per heavy atom. The molecule has 180 valence electrons. The van der Waals surface area contributed by atoms with E-state index in [1.165, 1.54) is 32.1 Å². The molecule has 0 aliphatic heterocycles. The van der Waals surface area contributed by atoms with Gasteiger partial charge in [0.05, 0.1) is 6.61 Å². The van der Waals surface area contributed by atoms with Crippen molar-refractivity contribution in [1.29, 1.82) is 0 Å². The quantitative estimate of drug-likeness (QED) is 0.449. The number of fused-ring (bicyclic) bond motifs is 5. The third kappa shape index (κ3) is 3.33. The van der Waals surface area contributed by atoms with Crippen LogP contribution in [0.1, 0.15) is 106 Å². The summed E-state index contributed by atoms with van der Waals surface area (Å²) in [5.74, 6) is 3.16. The van der Waals surface area contributed by atoms with Crippen LogP contribution < -0.4 is 0 Å². The summed E-state index contributed by atoms with van der Waals surface area (Å²) in [6.07, 6.45) is 15.5. The maximum atomic E-state index is 12.8. The van der Waals surface area contributed by atoms with Gasteiger partial charge in [0, 0.05) is 11.8 Å². The molecule has 0 aromatic carbocycles. The number of rotatable bonds is 5. The monoisotopic (exact) mass is 440 g/mol. The van der Waals surface area contributed by atoms with Crippen molar-refractivity contribution in [2.24, 2.45) is 45.3 Å². The van der Waals surface area contributed by atoms with E-state index in [2.05, 4.69) is 53.7 Å². The largest absolute Gasteiger partial charge is 0.392 e. The van der Waals surface area contributed by atoms with Crippen molar-refractivity contribution in [3.8, 4) is 0 Å². The van der Waals surface area contributed by atoms with Crippen LogP contribution in [0.15, 0.2) is 23.3 Å². The van der Waals surface area contributed by atoms with Crippen molar-refractivity contribution in [1.82, 2.24) is 0 Å². The van der Waals surface area contributed by atoms with Crippen molar-refractivity contribution in [2.75, 3.05) is 6.61 Å². The number of Topliss-reactive ketones (excluding diaryl/α,β-unsaturated/α-hetero) is 1. The van der Waals surface area contributed by atoms with E-state index in [1.54, 1.807) is 5.57 Å². The summed E-state index contributed by atoms with van der Waals surface area (Å²) >= 11 is 0. The first kappa shape index (κ1) is 24.2. The zero-order valence-corrected chi connectivity index (χ0v) is 21.9. The molecule has 0 saturated heterocycles. The average Bonchev–Trinajstić information content (AvgIpc) is 3.02. The van der Waals surface area contributed by atoms with Gasteiger partial charge in [-0.25, -0.2) is 0 Å². The minimum absolute atomic E-state index is 0.177. The molecule has 4 aliphatic carbocycles. The molecule has 7 atom stereocenters. The maximum absolute atomic E-state index is 12.8. The number of hydrogen-bond acceptors (Lipinski definition) is 2. The van der Waals surface area contributed by atoms with Gasteiger partial charge in [-0.05, 0) is 98.2 Å². The van der Waals surface area contributed by atoms with E-state index in [1.807, 2.05) is 6.92 Å². The van der Waals surface area contributed by atoms with Crippen molar-refractivity contribution in [3.05, 3.63) is 23.3 Å². The standard InChI is InChI=1S/C30H48O2/c1-20(19-31)9-8-10-21(2)22-13-17-30(7)24-11-12-25-27(3,4)26(32)15-16-28(25,5)23(24)14-18-29(22,30)6/h9,11,21-23,25,31H,8,10,12-19H2,1-7H3/b20-9-/t21?,22?,23?,25?,28-,29?,30-/m1/s1. The van der Waals surface area contributed by atoms with Gasteiger partial charge in [0.1, 0.15) is 5.78 Å². The van der Waals surface area contributed by atoms with Gasteiger partial charge in [0.2, 0.25) is 0 Å².